The van der Waals surface area contributed by atoms with Crippen molar-refractivity contribution in [3.63, 3.8) is 0 Å². The van der Waals surface area contributed by atoms with Crippen molar-refractivity contribution in [1.82, 2.24) is 4.90 Å². The van der Waals surface area contributed by atoms with Gasteiger partial charge in [0.15, 0.2) is 0 Å². The fraction of sp³-hybridized carbons (Fsp3) is 0.594. The molecule has 3 aliphatic heterocycles. The summed E-state index contributed by atoms with van der Waals surface area (Å²) in [6, 6.07) is 5.32. The van der Waals surface area contributed by atoms with Gasteiger partial charge < -0.3 is 19.6 Å². The number of anilines is 1. The summed E-state index contributed by atoms with van der Waals surface area (Å²) >= 11 is 5.45. The van der Waals surface area contributed by atoms with Crippen LogP contribution in [0.1, 0.15) is 56.1 Å². The summed E-state index contributed by atoms with van der Waals surface area (Å²) in [5, 5.41) is 9.17. The van der Waals surface area contributed by atoms with Crippen molar-refractivity contribution in [1.29, 1.82) is 0 Å². The number of ether oxygens (including phenoxy) is 1. The molecule has 3 unspecified atom stereocenters. The predicted molar refractivity (Wildman–Crippen MR) is 168 cm³/mol. The molecule has 3 saturated heterocycles. The summed E-state index contributed by atoms with van der Waals surface area (Å²) in [7, 11) is 0. The molecule has 224 valence electrons. The highest BCUT2D eigenvalue weighted by Gasteiger charge is 2.76. The van der Waals surface area contributed by atoms with Gasteiger partial charge in [0, 0.05) is 35.5 Å². The monoisotopic (exact) mass is 646 g/mol. The Balaban J connectivity index is 1.70. The molecule has 4 rings (SSSR count). The SMILES string of the molecule is C=CCCCCOC(=O)[C@H]1[C@@H]2SC3(CC2Br)C(C(=O)N(CC=C)c2cc(C)ccc2C)N(CCCCCO)C(=O)[C@H]13. The van der Waals surface area contributed by atoms with Crippen molar-refractivity contribution in [3.05, 3.63) is 54.6 Å². The third kappa shape index (κ3) is 6.18. The number of rotatable bonds is 15. The van der Waals surface area contributed by atoms with Gasteiger partial charge >= 0.3 is 5.97 Å². The van der Waals surface area contributed by atoms with Crippen molar-refractivity contribution in [2.45, 2.75) is 79.7 Å². The van der Waals surface area contributed by atoms with E-state index in [9.17, 15) is 19.5 Å². The minimum atomic E-state index is -0.729. The van der Waals surface area contributed by atoms with Gasteiger partial charge in [-0.05, 0) is 76.0 Å². The molecule has 0 aromatic heterocycles. The van der Waals surface area contributed by atoms with Gasteiger partial charge in [-0.25, -0.2) is 0 Å². The van der Waals surface area contributed by atoms with Crippen molar-refractivity contribution in [3.8, 4) is 0 Å². The van der Waals surface area contributed by atoms with E-state index in [1.54, 1.807) is 27.6 Å². The number of esters is 1. The maximum absolute atomic E-state index is 14.7. The van der Waals surface area contributed by atoms with E-state index in [-0.39, 0.29) is 34.5 Å². The molecule has 0 radical (unpaired) electrons. The lowest BCUT2D eigenvalue weighted by atomic mass is 9.71. The smallest absolute Gasteiger partial charge is 0.310 e. The number of aliphatic hydroxyl groups excluding tert-OH is 1. The zero-order valence-corrected chi connectivity index (χ0v) is 26.6. The van der Waals surface area contributed by atoms with Gasteiger partial charge in [-0.1, -0.05) is 40.2 Å². The predicted octanol–water partition coefficient (Wildman–Crippen LogP) is 5.35. The van der Waals surface area contributed by atoms with Crippen molar-refractivity contribution >= 4 is 51.2 Å². The minimum absolute atomic E-state index is 0.00642. The largest absolute Gasteiger partial charge is 0.465 e. The molecule has 1 aromatic carbocycles. The van der Waals surface area contributed by atoms with Gasteiger partial charge in [-0.2, -0.15) is 0 Å². The molecule has 3 aliphatic rings. The lowest BCUT2D eigenvalue weighted by Gasteiger charge is -2.38. The quantitative estimate of drug-likeness (QED) is 0.120. The van der Waals surface area contributed by atoms with E-state index in [0.29, 0.717) is 39.0 Å². The van der Waals surface area contributed by atoms with Gasteiger partial charge in [0.1, 0.15) is 6.04 Å². The number of carbonyl (C=O) groups excluding carboxylic acids is 3. The number of nitrogens with zero attached hydrogens (tertiary/aromatic N) is 2. The number of carbonyl (C=O) groups is 3. The van der Waals surface area contributed by atoms with Crippen LogP contribution < -0.4 is 4.90 Å². The van der Waals surface area contributed by atoms with E-state index in [1.807, 2.05) is 38.1 Å². The minimum Gasteiger partial charge on any atom is -0.465 e. The molecule has 41 heavy (non-hydrogen) atoms. The normalized spacial score (nSPS) is 28.0. The van der Waals surface area contributed by atoms with Crippen LogP contribution in [-0.2, 0) is 19.1 Å². The number of amides is 2. The number of alkyl halides is 1. The first-order valence-corrected chi connectivity index (χ1v) is 16.5. The van der Waals surface area contributed by atoms with E-state index in [4.69, 9.17) is 4.74 Å². The maximum Gasteiger partial charge on any atom is 0.310 e. The first-order chi connectivity index (χ1) is 19.7. The van der Waals surface area contributed by atoms with E-state index in [2.05, 4.69) is 29.1 Å². The molecule has 1 N–H and O–H groups in total. The Kier molecular flexibility index (Phi) is 10.8. The van der Waals surface area contributed by atoms with Crippen LogP contribution in [0.5, 0.6) is 0 Å². The number of aryl methyl sites for hydroxylation is 2. The Labute approximate surface area is 256 Å². The Hall–Kier alpha value is -2.10. The fourth-order valence-electron chi connectivity index (χ4n) is 6.74. The van der Waals surface area contributed by atoms with E-state index < -0.39 is 22.6 Å². The van der Waals surface area contributed by atoms with Crippen LogP contribution in [0.25, 0.3) is 0 Å². The van der Waals surface area contributed by atoms with Crippen LogP contribution in [0, 0.1) is 25.7 Å². The first-order valence-electron chi connectivity index (χ1n) is 14.7. The Bertz CT molecular complexity index is 1160. The summed E-state index contributed by atoms with van der Waals surface area (Å²) in [6.45, 7) is 12.8. The van der Waals surface area contributed by atoms with Crippen molar-refractivity contribution < 1.29 is 24.2 Å². The molecule has 9 heteroatoms. The highest BCUT2D eigenvalue weighted by Crippen LogP contribution is 2.68. The molecule has 6 atom stereocenters. The van der Waals surface area contributed by atoms with Crippen molar-refractivity contribution in [2.24, 2.45) is 11.8 Å². The van der Waals surface area contributed by atoms with Crippen LogP contribution in [0.2, 0.25) is 0 Å². The third-order valence-electron chi connectivity index (χ3n) is 8.63. The van der Waals surface area contributed by atoms with Crippen LogP contribution in [0.3, 0.4) is 0 Å². The Morgan fingerprint density at radius 2 is 1.98 bits per heavy atom. The Morgan fingerprint density at radius 3 is 2.68 bits per heavy atom. The first kappa shape index (κ1) is 31.8. The van der Waals surface area contributed by atoms with E-state index in [0.717, 1.165) is 42.5 Å². The molecular weight excluding hydrogens is 604 g/mol. The number of thioether (sulfide) groups is 1. The molecule has 7 nitrogen and oxygen atoms in total. The molecule has 3 heterocycles. The fourth-order valence-corrected chi connectivity index (χ4v) is 10.3. The lowest BCUT2D eigenvalue weighted by molar-refractivity contribution is -0.154. The van der Waals surface area contributed by atoms with Gasteiger partial charge in [-0.3, -0.25) is 14.4 Å². The highest BCUT2D eigenvalue weighted by atomic mass is 79.9. The summed E-state index contributed by atoms with van der Waals surface area (Å²) in [5.41, 5.74) is 2.82. The van der Waals surface area contributed by atoms with Crippen LogP contribution in [0.15, 0.2) is 43.5 Å². The molecule has 2 amide bonds. The number of likely N-dealkylation sites (tertiary alicyclic amines) is 1. The third-order valence-corrected chi connectivity index (χ3v) is 11.9. The van der Waals surface area contributed by atoms with E-state index in [1.165, 1.54) is 0 Å². The zero-order chi connectivity index (χ0) is 29.7. The number of hydrogen-bond donors (Lipinski definition) is 1. The number of benzene rings is 1. The molecule has 0 saturated carbocycles. The Morgan fingerprint density at radius 1 is 1.20 bits per heavy atom. The molecule has 1 aromatic rings. The number of halogens is 1. The van der Waals surface area contributed by atoms with E-state index >= 15 is 0 Å². The van der Waals surface area contributed by atoms with Gasteiger partial charge in [0.25, 0.3) is 5.91 Å². The molecule has 2 bridgehead atoms. The lowest BCUT2D eigenvalue weighted by Crippen LogP contribution is -2.55. The average molecular weight is 648 g/mol. The van der Waals surface area contributed by atoms with Gasteiger partial charge in [0.2, 0.25) is 5.91 Å². The maximum atomic E-state index is 14.7. The second-order valence-corrected chi connectivity index (χ2v) is 14.2. The second kappa shape index (κ2) is 13.9. The topological polar surface area (TPSA) is 87.2 Å². The summed E-state index contributed by atoms with van der Waals surface area (Å²) in [6.07, 6.45) is 8.76. The van der Waals surface area contributed by atoms with Gasteiger partial charge in [-0.15, -0.1) is 24.9 Å². The standard InChI is InChI=1S/C32H43BrN2O5S/c1-5-7-8-12-18-40-31(39)25-26-29(37)35(16-10-9-11-17-36)28(32(26)20-23(33)27(25)41-32)30(38)34(15-6-2)24-19-21(3)13-14-22(24)4/h5-6,13-14,19,23,25-28,36H,1-2,7-12,15-18,20H2,3-4H3/t23?,25-,26+,27-,28?,32?/m1/s1. The second-order valence-electron chi connectivity index (χ2n) is 11.5. The molecule has 3 fully saturated rings. The number of fused-ring (bicyclic) bond motifs is 1. The number of allylic oxidation sites excluding steroid dienone is 1. The summed E-state index contributed by atoms with van der Waals surface area (Å²) in [5.74, 6) is -1.81. The molecule has 0 aliphatic carbocycles. The van der Waals surface area contributed by atoms with Crippen molar-refractivity contribution in [2.75, 3.05) is 31.2 Å². The van der Waals surface area contributed by atoms with Crippen LogP contribution in [0.4, 0.5) is 5.69 Å². The van der Waals surface area contributed by atoms with Gasteiger partial charge in [0.05, 0.1) is 23.2 Å². The zero-order valence-electron chi connectivity index (χ0n) is 24.2. The number of unbranched alkanes of at least 4 members (excludes halogenated alkanes) is 4. The van der Waals surface area contributed by atoms with Crippen LogP contribution >= 0.6 is 27.7 Å². The van der Waals surface area contributed by atoms with Crippen LogP contribution in [-0.4, -0.2) is 75.0 Å². The average Bonchev–Trinajstić information content (AvgIpc) is 3.54. The summed E-state index contributed by atoms with van der Waals surface area (Å²) < 4.78 is 5.01. The number of hydrogen-bond acceptors (Lipinski definition) is 6. The molecular formula is C32H43BrN2O5S. The molecule has 1 spiro atoms. The number of aliphatic hydroxyl groups is 1. The highest BCUT2D eigenvalue weighted by molar-refractivity contribution is 9.09. The summed E-state index contributed by atoms with van der Waals surface area (Å²) in [4.78, 5) is 46.0.